The molecule has 190 valence electrons. The molecule has 3 aromatic carbocycles. The molecule has 11 heteroatoms. The van der Waals surface area contributed by atoms with Gasteiger partial charge >= 0.3 is 24.3 Å². The van der Waals surface area contributed by atoms with Gasteiger partial charge in [0.2, 0.25) is 0 Å². The second-order valence-electron chi connectivity index (χ2n) is 7.55. The van der Waals surface area contributed by atoms with E-state index < -0.39 is 50.6 Å². The van der Waals surface area contributed by atoms with Crippen LogP contribution in [0.4, 0.5) is 26.3 Å². The number of halogens is 6. The van der Waals surface area contributed by atoms with Gasteiger partial charge in [0.15, 0.2) is 0 Å². The third kappa shape index (κ3) is 4.94. The molecule has 4 rings (SSSR count). The van der Waals surface area contributed by atoms with Gasteiger partial charge in [0.05, 0.1) is 10.3 Å². The van der Waals surface area contributed by atoms with Crippen LogP contribution in [0.2, 0.25) is 0 Å². The number of benzene rings is 3. The molecule has 0 aliphatic carbocycles. The quantitative estimate of drug-likeness (QED) is 0.112. The first kappa shape index (κ1) is 26.0. The molecule has 37 heavy (non-hydrogen) atoms. The summed E-state index contributed by atoms with van der Waals surface area (Å²) in [6.07, 6.45) is -8.37. The zero-order valence-electron chi connectivity index (χ0n) is 18.5. The number of carbonyl (C=O) groups excluding carboxylic acids is 2. The molecule has 0 N–H and O–H groups in total. The minimum absolute atomic E-state index is 0.0419. The minimum atomic E-state index is -5.03. The summed E-state index contributed by atoms with van der Waals surface area (Å²) in [5.74, 6) is -2.67. The molecule has 0 unspecified atom stereocenters. The Balaban J connectivity index is 1.99. The lowest BCUT2D eigenvalue weighted by molar-refractivity contribution is -0.140. The summed E-state index contributed by atoms with van der Waals surface area (Å²) >= 11 is 0.303. The molecule has 0 saturated heterocycles. The van der Waals surface area contributed by atoms with Crippen LogP contribution in [0.3, 0.4) is 0 Å². The lowest BCUT2D eigenvalue weighted by Crippen LogP contribution is -2.11. The average Bonchev–Trinajstić information content (AvgIpc) is 3.20. The molecule has 0 amide bonds. The Hall–Kier alpha value is -4.12. The Morgan fingerprint density at radius 2 is 1.22 bits per heavy atom. The molecule has 0 radical (unpaired) electrons. The van der Waals surface area contributed by atoms with Crippen LogP contribution < -0.4 is 9.47 Å². The SMILES string of the molecule is C=CC(=O)Oc1ccc(-c2ccc3c(sc4c(C(F)(F)F)c(OC(=O)C=C)ccc43)c2C(F)(F)F)cc1. The molecule has 0 spiro atoms. The van der Waals surface area contributed by atoms with Crippen molar-refractivity contribution < 1.29 is 45.4 Å². The van der Waals surface area contributed by atoms with E-state index >= 15 is 0 Å². The molecule has 0 fully saturated rings. The van der Waals surface area contributed by atoms with Crippen LogP contribution in [0.1, 0.15) is 11.1 Å². The Kier molecular flexibility index (Phi) is 6.59. The van der Waals surface area contributed by atoms with E-state index in [9.17, 15) is 35.9 Å². The van der Waals surface area contributed by atoms with E-state index in [1.807, 2.05) is 0 Å². The number of thiophene rings is 1. The number of hydrogen-bond acceptors (Lipinski definition) is 5. The zero-order chi connectivity index (χ0) is 27.1. The Morgan fingerprint density at radius 1 is 0.703 bits per heavy atom. The predicted octanol–water partition coefficient (Wildman–Crippen LogP) is 7.94. The van der Waals surface area contributed by atoms with E-state index in [0.29, 0.717) is 17.4 Å². The van der Waals surface area contributed by atoms with Crippen molar-refractivity contribution in [1.82, 2.24) is 0 Å². The summed E-state index contributed by atoms with van der Waals surface area (Å²) in [5.41, 5.74) is -2.66. The smallest absolute Gasteiger partial charge is 0.421 e. The summed E-state index contributed by atoms with van der Waals surface area (Å²) in [4.78, 5) is 22.9. The van der Waals surface area contributed by atoms with Gasteiger partial charge in [-0.15, -0.1) is 11.3 Å². The Labute approximate surface area is 209 Å². The van der Waals surface area contributed by atoms with Crippen LogP contribution in [0, 0.1) is 0 Å². The number of carbonyl (C=O) groups is 2. The molecule has 4 nitrogen and oxygen atoms in total. The molecular weight excluding hydrogens is 522 g/mol. The highest BCUT2D eigenvalue weighted by atomic mass is 32.1. The monoisotopic (exact) mass is 536 g/mol. The van der Waals surface area contributed by atoms with Crippen LogP contribution >= 0.6 is 11.3 Å². The molecule has 1 heterocycles. The van der Waals surface area contributed by atoms with E-state index in [1.54, 1.807) is 0 Å². The van der Waals surface area contributed by atoms with Gasteiger partial charge in [-0.25, -0.2) is 9.59 Å². The highest BCUT2D eigenvalue weighted by Crippen LogP contribution is 2.51. The molecule has 0 aliphatic rings. The van der Waals surface area contributed by atoms with Gasteiger partial charge in [-0.05, 0) is 35.4 Å². The third-order valence-corrected chi connectivity index (χ3v) is 6.52. The number of alkyl halides is 6. The summed E-state index contributed by atoms with van der Waals surface area (Å²) in [6.45, 7) is 6.39. The van der Waals surface area contributed by atoms with Crippen LogP contribution in [0.25, 0.3) is 31.3 Å². The van der Waals surface area contributed by atoms with Crippen molar-refractivity contribution in [3.63, 3.8) is 0 Å². The van der Waals surface area contributed by atoms with Crippen molar-refractivity contribution in [1.29, 1.82) is 0 Å². The number of hydrogen-bond donors (Lipinski definition) is 0. The maximum absolute atomic E-state index is 14.3. The Morgan fingerprint density at radius 3 is 1.76 bits per heavy atom. The second-order valence-corrected chi connectivity index (χ2v) is 8.57. The number of esters is 2. The first-order valence-electron chi connectivity index (χ1n) is 10.3. The van der Waals surface area contributed by atoms with Crippen LogP contribution in [0.15, 0.2) is 73.8 Å². The van der Waals surface area contributed by atoms with E-state index in [-0.39, 0.29) is 27.6 Å². The average molecular weight is 536 g/mol. The van der Waals surface area contributed by atoms with Crippen molar-refractivity contribution in [3.05, 3.63) is 85.0 Å². The van der Waals surface area contributed by atoms with Crippen molar-refractivity contribution in [3.8, 4) is 22.6 Å². The maximum atomic E-state index is 14.3. The molecule has 1 aromatic heterocycles. The molecule has 0 saturated carbocycles. The number of ether oxygens (including phenoxy) is 2. The highest BCUT2D eigenvalue weighted by Gasteiger charge is 2.40. The molecule has 0 atom stereocenters. The number of rotatable bonds is 5. The van der Waals surface area contributed by atoms with Crippen molar-refractivity contribution in [2.75, 3.05) is 0 Å². The molecule has 0 aliphatic heterocycles. The standard InChI is InChI=1S/C26H14F6O4S/c1-3-19(33)35-14-7-5-13(6-8-14)15-9-10-16-17-11-12-18(36-20(34)4-2)22(26(30,31)32)24(17)37-23(16)21(15)25(27,28)29/h3-12H,1-2H2. The fraction of sp³-hybridized carbons (Fsp3) is 0.0769. The molecule has 0 bridgehead atoms. The van der Waals surface area contributed by atoms with Crippen molar-refractivity contribution >= 4 is 43.4 Å². The van der Waals surface area contributed by atoms with Gasteiger partial charge in [0, 0.05) is 27.6 Å². The zero-order valence-corrected chi connectivity index (χ0v) is 19.3. The van der Waals surface area contributed by atoms with E-state index in [2.05, 4.69) is 13.2 Å². The third-order valence-electron chi connectivity index (χ3n) is 5.27. The summed E-state index contributed by atoms with van der Waals surface area (Å²) in [7, 11) is 0. The van der Waals surface area contributed by atoms with Gasteiger partial charge in [0.25, 0.3) is 0 Å². The second kappa shape index (κ2) is 9.40. The van der Waals surface area contributed by atoms with E-state index in [0.717, 1.165) is 12.1 Å². The van der Waals surface area contributed by atoms with Crippen molar-refractivity contribution in [2.24, 2.45) is 0 Å². The lowest BCUT2D eigenvalue weighted by Gasteiger charge is -2.14. The molecule has 4 aromatic rings. The summed E-state index contributed by atoms with van der Waals surface area (Å²) < 4.78 is 93.8. The minimum Gasteiger partial charge on any atom is -0.423 e. The largest absolute Gasteiger partial charge is 0.423 e. The van der Waals surface area contributed by atoms with Crippen LogP contribution in [-0.4, -0.2) is 11.9 Å². The normalized spacial score (nSPS) is 11.9. The van der Waals surface area contributed by atoms with Crippen LogP contribution in [0.5, 0.6) is 11.5 Å². The fourth-order valence-electron chi connectivity index (χ4n) is 3.77. The summed E-state index contributed by atoms with van der Waals surface area (Å²) in [5, 5.41) is -0.117. The van der Waals surface area contributed by atoms with E-state index in [4.69, 9.17) is 9.47 Å². The highest BCUT2D eigenvalue weighted by molar-refractivity contribution is 7.26. The lowest BCUT2D eigenvalue weighted by atomic mass is 9.96. The predicted molar refractivity (Wildman–Crippen MR) is 126 cm³/mol. The fourth-order valence-corrected chi connectivity index (χ4v) is 5.20. The first-order chi connectivity index (χ1) is 17.3. The van der Waals surface area contributed by atoms with Gasteiger partial charge in [-0.2, -0.15) is 26.3 Å². The Bertz CT molecular complexity index is 1560. The van der Waals surface area contributed by atoms with Gasteiger partial charge < -0.3 is 9.47 Å². The topological polar surface area (TPSA) is 52.6 Å². The maximum Gasteiger partial charge on any atom is 0.421 e. The number of fused-ring (bicyclic) bond motifs is 3. The van der Waals surface area contributed by atoms with Gasteiger partial charge in [0.1, 0.15) is 17.1 Å². The molecular formula is C26H14F6O4S. The van der Waals surface area contributed by atoms with Gasteiger partial charge in [-0.1, -0.05) is 37.4 Å². The van der Waals surface area contributed by atoms with Gasteiger partial charge in [-0.3, -0.25) is 0 Å². The first-order valence-corrected chi connectivity index (χ1v) is 11.1. The van der Waals surface area contributed by atoms with Crippen molar-refractivity contribution in [2.45, 2.75) is 12.4 Å². The summed E-state index contributed by atoms with van der Waals surface area (Å²) in [6, 6.07) is 9.70. The van der Waals surface area contributed by atoms with E-state index in [1.165, 1.54) is 42.5 Å². The van der Waals surface area contributed by atoms with Crippen LogP contribution in [-0.2, 0) is 21.9 Å².